The lowest BCUT2D eigenvalue weighted by Gasteiger charge is -2.44. The molecule has 1 heterocycles. The predicted octanol–water partition coefficient (Wildman–Crippen LogP) is 2.83. The third kappa shape index (κ3) is 6.96. The summed E-state index contributed by atoms with van der Waals surface area (Å²) in [4.78, 5) is 37.1. The normalized spacial score (nSPS) is 19.3. The van der Waals surface area contributed by atoms with Gasteiger partial charge in [-0.05, 0) is 23.8 Å². The number of rotatable bonds is 6. The van der Waals surface area contributed by atoms with E-state index >= 15 is 0 Å². The van der Waals surface area contributed by atoms with Crippen molar-refractivity contribution in [3.63, 3.8) is 0 Å². The minimum atomic E-state index is -0.943. The van der Waals surface area contributed by atoms with Crippen LogP contribution in [0.5, 0.6) is 0 Å². The van der Waals surface area contributed by atoms with Gasteiger partial charge < -0.3 is 25.4 Å². The monoisotopic (exact) mass is 405 g/mol. The number of piperidine rings is 1. The van der Waals surface area contributed by atoms with Gasteiger partial charge in [-0.3, -0.25) is 4.79 Å². The van der Waals surface area contributed by atoms with Gasteiger partial charge >= 0.3 is 12.2 Å². The molecule has 2 unspecified atom stereocenters. The maximum Gasteiger partial charge on any atom is 0.407 e. The summed E-state index contributed by atoms with van der Waals surface area (Å²) in [7, 11) is 0. The maximum atomic E-state index is 12.5. The molecule has 0 aromatic heterocycles. The molecule has 1 saturated heterocycles. The van der Waals surface area contributed by atoms with Crippen molar-refractivity contribution in [2.75, 3.05) is 19.6 Å². The van der Waals surface area contributed by atoms with Crippen molar-refractivity contribution >= 4 is 18.1 Å². The molecule has 0 aliphatic carbocycles. The lowest BCUT2D eigenvalue weighted by atomic mass is 9.77. The Kier molecular flexibility index (Phi) is 7.87. The summed E-state index contributed by atoms with van der Waals surface area (Å²) in [5.41, 5.74) is 0.651. The van der Waals surface area contributed by atoms with Crippen molar-refractivity contribution in [3.8, 4) is 0 Å². The summed E-state index contributed by atoms with van der Waals surface area (Å²) in [5.74, 6) is -0.344. The third-order valence-electron chi connectivity index (χ3n) is 5.12. The third-order valence-corrected chi connectivity index (χ3v) is 5.12. The van der Waals surface area contributed by atoms with E-state index in [1.165, 1.54) is 4.90 Å². The van der Waals surface area contributed by atoms with Crippen LogP contribution in [0.3, 0.4) is 0 Å². The first kappa shape index (κ1) is 22.5. The molecular weight excluding hydrogens is 374 g/mol. The summed E-state index contributed by atoms with van der Waals surface area (Å²) in [6.07, 6.45) is -0.488. The number of hydrogen-bond donors (Lipinski definition) is 3. The average Bonchev–Trinajstić information content (AvgIpc) is 2.69. The highest BCUT2D eigenvalue weighted by atomic mass is 16.5. The van der Waals surface area contributed by atoms with Gasteiger partial charge in [-0.25, -0.2) is 9.59 Å². The number of carboxylic acid groups (broad SMARTS) is 1. The number of amides is 3. The van der Waals surface area contributed by atoms with Crippen LogP contribution in [0.25, 0.3) is 0 Å². The highest BCUT2D eigenvalue weighted by Gasteiger charge is 2.40. The van der Waals surface area contributed by atoms with E-state index in [1.807, 2.05) is 51.1 Å². The highest BCUT2D eigenvalue weighted by Crippen LogP contribution is 2.34. The quantitative estimate of drug-likeness (QED) is 0.631. The molecular formula is C21H31N3O5. The summed E-state index contributed by atoms with van der Waals surface area (Å²) in [6, 6.07) is 9.16. The first-order chi connectivity index (χ1) is 13.7. The van der Waals surface area contributed by atoms with Crippen LogP contribution in [0.15, 0.2) is 30.3 Å². The molecule has 3 amide bonds. The Bertz CT molecular complexity index is 702. The molecule has 2 atom stereocenters. The Hall–Kier alpha value is -2.77. The van der Waals surface area contributed by atoms with Crippen molar-refractivity contribution in [1.29, 1.82) is 0 Å². The van der Waals surface area contributed by atoms with Crippen LogP contribution in [0.4, 0.5) is 9.59 Å². The smallest absolute Gasteiger partial charge is 0.407 e. The molecule has 1 aliphatic heterocycles. The van der Waals surface area contributed by atoms with Crippen molar-refractivity contribution < 1.29 is 24.2 Å². The number of nitrogens with zero attached hydrogens (tertiary/aromatic N) is 1. The van der Waals surface area contributed by atoms with E-state index in [9.17, 15) is 19.5 Å². The molecule has 1 aliphatic rings. The van der Waals surface area contributed by atoms with Gasteiger partial charge in [0, 0.05) is 31.6 Å². The Labute approximate surface area is 171 Å². The van der Waals surface area contributed by atoms with Crippen molar-refractivity contribution in [2.24, 2.45) is 11.3 Å². The van der Waals surface area contributed by atoms with Crippen molar-refractivity contribution in [2.45, 2.75) is 46.3 Å². The van der Waals surface area contributed by atoms with Crippen LogP contribution in [-0.4, -0.2) is 53.8 Å². The average molecular weight is 405 g/mol. The number of ether oxygens (including phenoxy) is 1. The summed E-state index contributed by atoms with van der Waals surface area (Å²) >= 11 is 0. The van der Waals surface area contributed by atoms with E-state index in [-0.39, 0.29) is 36.4 Å². The number of nitrogens with one attached hydrogen (secondary N) is 2. The maximum absolute atomic E-state index is 12.5. The molecule has 8 heteroatoms. The molecule has 0 radical (unpaired) electrons. The first-order valence-electron chi connectivity index (χ1n) is 9.90. The predicted molar refractivity (Wildman–Crippen MR) is 108 cm³/mol. The second-order valence-corrected chi connectivity index (χ2v) is 8.36. The number of benzene rings is 1. The molecule has 8 nitrogen and oxygen atoms in total. The number of hydrogen-bond acceptors (Lipinski definition) is 4. The number of alkyl carbamates (subject to hydrolysis) is 1. The minimum Gasteiger partial charge on any atom is -0.465 e. The van der Waals surface area contributed by atoms with E-state index in [0.717, 1.165) is 5.56 Å². The summed E-state index contributed by atoms with van der Waals surface area (Å²) in [6.45, 7) is 7.04. The van der Waals surface area contributed by atoms with Gasteiger partial charge in [0.05, 0.1) is 0 Å². The summed E-state index contributed by atoms with van der Waals surface area (Å²) in [5, 5.41) is 14.8. The van der Waals surface area contributed by atoms with E-state index < -0.39 is 12.2 Å². The zero-order chi connectivity index (χ0) is 21.4. The molecule has 29 heavy (non-hydrogen) atoms. The molecule has 0 spiro atoms. The molecule has 2 rings (SSSR count). The fourth-order valence-corrected chi connectivity index (χ4v) is 3.52. The SMILES string of the molecule is CC(C)(C)C1CC(C(=O)NCCNC(=O)OCc2ccccc2)CCN1C(=O)O. The lowest BCUT2D eigenvalue weighted by molar-refractivity contribution is -0.127. The van der Waals surface area contributed by atoms with Gasteiger partial charge in [0.25, 0.3) is 0 Å². The Morgan fingerprint density at radius 1 is 1.14 bits per heavy atom. The molecule has 0 saturated carbocycles. The second kappa shape index (κ2) is 10.1. The first-order valence-corrected chi connectivity index (χ1v) is 9.90. The number of carbonyl (C=O) groups excluding carboxylic acids is 2. The largest absolute Gasteiger partial charge is 0.465 e. The van der Waals surface area contributed by atoms with E-state index in [4.69, 9.17) is 4.74 Å². The zero-order valence-electron chi connectivity index (χ0n) is 17.3. The standard InChI is InChI=1S/C21H31N3O5/c1-21(2,3)17-13-16(9-12-24(17)20(27)28)18(25)22-10-11-23-19(26)29-14-15-7-5-4-6-8-15/h4-8,16-17H,9-14H2,1-3H3,(H,22,25)(H,23,26)(H,27,28). The van der Waals surface area contributed by atoms with E-state index in [0.29, 0.717) is 25.9 Å². The Balaban J connectivity index is 1.71. The van der Waals surface area contributed by atoms with Crippen LogP contribution in [0.1, 0.15) is 39.2 Å². The molecule has 1 aromatic rings. The zero-order valence-corrected chi connectivity index (χ0v) is 17.3. The van der Waals surface area contributed by atoms with E-state index in [2.05, 4.69) is 10.6 Å². The van der Waals surface area contributed by atoms with Gasteiger partial charge in [0.15, 0.2) is 0 Å². The number of carbonyl (C=O) groups is 3. The highest BCUT2D eigenvalue weighted by molar-refractivity contribution is 5.79. The van der Waals surface area contributed by atoms with Crippen molar-refractivity contribution in [3.05, 3.63) is 35.9 Å². The van der Waals surface area contributed by atoms with Gasteiger partial charge in [0.2, 0.25) is 5.91 Å². The van der Waals surface area contributed by atoms with Gasteiger partial charge in [-0.15, -0.1) is 0 Å². The van der Waals surface area contributed by atoms with Gasteiger partial charge in [-0.2, -0.15) is 0 Å². The molecule has 160 valence electrons. The lowest BCUT2D eigenvalue weighted by Crippen LogP contribution is -2.53. The minimum absolute atomic E-state index is 0.108. The van der Waals surface area contributed by atoms with Gasteiger partial charge in [0.1, 0.15) is 6.61 Å². The fourth-order valence-electron chi connectivity index (χ4n) is 3.52. The second-order valence-electron chi connectivity index (χ2n) is 8.36. The molecule has 1 fully saturated rings. The molecule has 3 N–H and O–H groups in total. The van der Waals surface area contributed by atoms with Crippen LogP contribution in [0, 0.1) is 11.3 Å². The number of likely N-dealkylation sites (tertiary alicyclic amines) is 1. The molecule has 0 bridgehead atoms. The Morgan fingerprint density at radius 3 is 2.41 bits per heavy atom. The van der Waals surface area contributed by atoms with Crippen LogP contribution >= 0.6 is 0 Å². The van der Waals surface area contributed by atoms with Crippen LogP contribution in [-0.2, 0) is 16.1 Å². The van der Waals surface area contributed by atoms with Gasteiger partial charge in [-0.1, -0.05) is 51.1 Å². The fraction of sp³-hybridized carbons (Fsp3) is 0.571. The Morgan fingerprint density at radius 2 is 1.79 bits per heavy atom. The van der Waals surface area contributed by atoms with Crippen LogP contribution < -0.4 is 10.6 Å². The van der Waals surface area contributed by atoms with E-state index in [1.54, 1.807) is 0 Å². The van der Waals surface area contributed by atoms with Crippen molar-refractivity contribution in [1.82, 2.24) is 15.5 Å². The van der Waals surface area contributed by atoms with Crippen LogP contribution in [0.2, 0.25) is 0 Å². The topological polar surface area (TPSA) is 108 Å². The summed E-state index contributed by atoms with van der Waals surface area (Å²) < 4.78 is 5.11. The molecule has 1 aromatic carbocycles.